The van der Waals surface area contributed by atoms with Gasteiger partial charge in [-0.1, -0.05) is 24.1 Å². The number of nitrogens with one attached hydrogen (secondary N) is 1. The van der Waals surface area contributed by atoms with Gasteiger partial charge in [0, 0.05) is 11.6 Å². The second-order valence-corrected chi connectivity index (χ2v) is 8.30. The van der Waals surface area contributed by atoms with Gasteiger partial charge in [0.25, 0.3) is 5.89 Å². The van der Waals surface area contributed by atoms with Gasteiger partial charge in [-0.05, 0) is 44.9 Å². The minimum Gasteiger partial charge on any atom is -0.334 e. The maximum absolute atomic E-state index is 12.3. The third kappa shape index (κ3) is 3.35. The Hall–Kier alpha value is -1.77. The standard InChI is InChI=1S/C16H22N4O3S/c1-11(2)20-24(21,22)13-7-5-6-12(10-13)14-18-15(19-23-14)16(17)8-3-4-9-16/h5-7,10-11,20H,3-4,8-9,17H2,1-2H3. The summed E-state index contributed by atoms with van der Waals surface area (Å²) in [6.07, 6.45) is 3.77. The van der Waals surface area contributed by atoms with Gasteiger partial charge in [0.15, 0.2) is 5.82 Å². The number of hydrogen-bond acceptors (Lipinski definition) is 6. The van der Waals surface area contributed by atoms with Crippen molar-refractivity contribution >= 4 is 10.0 Å². The van der Waals surface area contributed by atoms with Gasteiger partial charge in [-0.25, -0.2) is 13.1 Å². The van der Waals surface area contributed by atoms with E-state index in [9.17, 15) is 8.42 Å². The zero-order chi connectivity index (χ0) is 17.4. The monoisotopic (exact) mass is 350 g/mol. The van der Waals surface area contributed by atoms with Crippen LogP contribution in [0.5, 0.6) is 0 Å². The molecule has 2 aromatic rings. The molecule has 0 amide bonds. The van der Waals surface area contributed by atoms with E-state index in [2.05, 4.69) is 14.9 Å². The largest absolute Gasteiger partial charge is 0.334 e. The fourth-order valence-electron chi connectivity index (χ4n) is 2.95. The van der Waals surface area contributed by atoms with Crippen molar-refractivity contribution in [3.8, 4) is 11.5 Å². The van der Waals surface area contributed by atoms with E-state index in [4.69, 9.17) is 10.3 Å². The van der Waals surface area contributed by atoms with Crippen molar-refractivity contribution in [1.82, 2.24) is 14.9 Å². The lowest BCUT2D eigenvalue weighted by atomic mass is 9.99. The average Bonchev–Trinajstić information content (AvgIpc) is 3.16. The topological polar surface area (TPSA) is 111 Å². The second-order valence-electron chi connectivity index (χ2n) is 6.59. The van der Waals surface area contributed by atoms with Crippen LogP contribution in [0.3, 0.4) is 0 Å². The minimum absolute atomic E-state index is 0.164. The molecule has 1 aromatic heterocycles. The molecule has 0 bridgehead atoms. The van der Waals surface area contributed by atoms with Crippen molar-refractivity contribution < 1.29 is 12.9 Å². The van der Waals surface area contributed by atoms with E-state index in [0.29, 0.717) is 11.4 Å². The zero-order valence-corrected chi connectivity index (χ0v) is 14.6. The van der Waals surface area contributed by atoms with E-state index in [-0.39, 0.29) is 16.8 Å². The summed E-state index contributed by atoms with van der Waals surface area (Å²) in [4.78, 5) is 4.56. The van der Waals surface area contributed by atoms with Crippen LogP contribution in [0.25, 0.3) is 11.5 Å². The van der Waals surface area contributed by atoms with E-state index >= 15 is 0 Å². The number of hydrogen-bond donors (Lipinski definition) is 2. The Morgan fingerprint density at radius 1 is 1.29 bits per heavy atom. The molecular formula is C16H22N4O3S. The molecule has 1 aliphatic rings. The molecule has 1 fully saturated rings. The molecule has 7 nitrogen and oxygen atoms in total. The Kier molecular flexibility index (Phi) is 4.46. The fraction of sp³-hybridized carbons (Fsp3) is 0.500. The van der Waals surface area contributed by atoms with Gasteiger partial charge in [-0.2, -0.15) is 4.98 Å². The van der Waals surface area contributed by atoms with Crippen LogP contribution in [0, 0.1) is 0 Å². The van der Waals surface area contributed by atoms with Crippen molar-refractivity contribution in [2.75, 3.05) is 0 Å². The SMILES string of the molecule is CC(C)NS(=O)(=O)c1cccc(-c2nc(C3(N)CCCC3)no2)c1. The molecule has 1 aromatic carbocycles. The lowest BCUT2D eigenvalue weighted by molar-refractivity contribution is 0.372. The summed E-state index contributed by atoms with van der Waals surface area (Å²) in [6, 6.07) is 6.27. The molecule has 0 aliphatic heterocycles. The van der Waals surface area contributed by atoms with Crippen LogP contribution in [-0.2, 0) is 15.6 Å². The molecule has 1 aliphatic carbocycles. The third-order valence-corrected chi connectivity index (χ3v) is 5.81. The van der Waals surface area contributed by atoms with Crippen LogP contribution in [0.2, 0.25) is 0 Å². The molecule has 3 N–H and O–H groups in total. The van der Waals surface area contributed by atoms with Gasteiger partial charge in [0.1, 0.15) is 0 Å². The first-order chi connectivity index (χ1) is 11.3. The molecule has 0 radical (unpaired) electrons. The molecule has 3 rings (SSSR count). The summed E-state index contributed by atoms with van der Waals surface area (Å²) in [6.45, 7) is 3.54. The first kappa shape index (κ1) is 17.1. The summed E-state index contributed by atoms with van der Waals surface area (Å²) in [7, 11) is -3.58. The Balaban J connectivity index is 1.91. The number of aromatic nitrogens is 2. The first-order valence-electron chi connectivity index (χ1n) is 8.06. The molecule has 1 heterocycles. The van der Waals surface area contributed by atoms with E-state index < -0.39 is 15.6 Å². The highest BCUT2D eigenvalue weighted by atomic mass is 32.2. The highest BCUT2D eigenvalue weighted by molar-refractivity contribution is 7.89. The van der Waals surface area contributed by atoms with Crippen LogP contribution < -0.4 is 10.5 Å². The predicted octanol–water partition coefficient (Wildman–Crippen LogP) is 2.15. The quantitative estimate of drug-likeness (QED) is 0.855. The molecule has 0 spiro atoms. The Bertz CT molecular complexity index is 823. The highest BCUT2D eigenvalue weighted by Crippen LogP contribution is 2.35. The predicted molar refractivity (Wildman–Crippen MR) is 89.5 cm³/mol. The number of rotatable bonds is 5. The third-order valence-electron chi connectivity index (χ3n) is 4.15. The van der Waals surface area contributed by atoms with Gasteiger partial charge in [-0.3, -0.25) is 0 Å². The lowest BCUT2D eigenvalue weighted by Crippen LogP contribution is -2.34. The number of nitrogens with two attached hydrogens (primary N) is 1. The van der Waals surface area contributed by atoms with Crippen LogP contribution in [0.4, 0.5) is 0 Å². The molecule has 0 atom stereocenters. The van der Waals surface area contributed by atoms with E-state index in [0.717, 1.165) is 25.7 Å². The van der Waals surface area contributed by atoms with Crippen LogP contribution >= 0.6 is 0 Å². The van der Waals surface area contributed by atoms with E-state index in [1.54, 1.807) is 26.0 Å². The summed E-state index contributed by atoms with van der Waals surface area (Å²) in [5, 5.41) is 4.01. The molecule has 0 unspecified atom stereocenters. The van der Waals surface area contributed by atoms with Crippen molar-refractivity contribution in [2.45, 2.75) is 56.0 Å². The summed E-state index contributed by atoms with van der Waals surface area (Å²) in [5.74, 6) is 0.770. The normalized spacial score (nSPS) is 17.5. The van der Waals surface area contributed by atoms with Gasteiger partial charge in [-0.15, -0.1) is 0 Å². The van der Waals surface area contributed by atoms with Gasteiger partial charge in [0.2, 0.25) is 10.0 Å². The molecule has 1 saturated carbocycles. The molecule has 24 heavy (non-hydrogen) atoms. The summed E-state index contributed by atoms with van der Waals surface area (Å²) >= 11 is 0. The first-order valence-corrected chi connectivity index (χ1v) is 9.54. The van der Waals surface area contributed by atoms with Crippen molar-refractivity contribution in [3.05, 3.63) is 30.1 Å². The van der Waals surface area contributed by atoms with Crippen molar-refractivity contribution in [3.63, 3.8) is 0 Å². The number of benzene rings is 1. The van der Waals surface area contributed by atoms with Gasteiger partial charge in [0.05, 0.1) is 10.4 Å². The number of sulfonamides is 1. The van der Waals surface area contributed by atoms with Crippen LogP contribution in [0.15, 0.2) is 33.7 Å². The smallest absolute Gasteiger partial charge is 0.258 e. The molecular weight excluding hydrogens is 328 g/mol. The Morgan fingerprint density at radius 2 is 2.00 bits per heavy atom. The lowest BCUT2D eigenvalue weighted by Gasteiger charge is -2.17. The highest BCUT2D eigenvalue weighted by Gasteiger charge is 2.36. The summed E-state index contributed by atoms with van der Waals surface area (Å²) in [5.41, 5.74) is 6.36. The molecule has 0 saturated heterocycles. The van der Waals surface area contributed by atoms with Gasteiger partial charge < -0.3 is 10.3 Å². The Labute approximate surface area is 141 Å². The average molecular weight is 350 g/mol. The van der Waals surface area contributed by atoms with Crippen molar-refractivity contribution in [2.24, 2.45) is 5.73 Å². The number of nitrogens with zero attached hydrogens (tertiary/aromatic N) is 2. The summed E-state index contributed by atoms with van der Waals surface area (Å²) < 4.78 is 32.5. The van der Waals surface area contributed by atoms with Gasteiger partial charge >= 0.3 is 0 Å². The molecule has 8 heteroatoms. The molecule has 130 valence electrons. The fourth-order valence-corrected chi connectivity index (χ4v) is 4.24. The van der Waals surface area contributed by atoms with Crippen LogP contribution in [-0.4, -0.2) is 24.6 Å². The maximum atomic E-state index is 12.3. The van der Waals surface area contributed by atoms with Crippen LogP contribution in [0.1, 0.15) is 45.4 Å². The minimum atomic E-state index is -3.58. The van der Waals surface area contributed by atoms with Crippen molar-refractivity contribution in [1.29, 1.82) is 0 Å². The zero-order valence-electron chi connectivity index (χ0n) is 13.8. The Morgan fingerprint density at radius 3 is 2.67 bits per heavy atom. The van der Waals surface area contributed by atoms with E-state index in [1.165, 1.54) is 12.1 Å². The second kappa shape index (κ2) is 6.27. The maximum Gasteiger partial charge on any atom is 0.258 e. The van der Waals surface area contributed by atoms with E-state index in [1.807, 2.05) is 0 Å².